The molecule has 1 aliphatic heterocycles. The molecule has 1 aliphatic rings. The number of urea groups is 1. The van der Waals surface area contributed by atoms with Crippen LogP contribution in [0.2, 0.25) is 0 Å². The number of hydrogen-bond donors (Lipinski definition) is 3. The van der Waals surface area contributed by atoms with Crippen LogP contribution in [0.5, 0.6) is 0 Å². The topological polar surface area (TPSA) is 107 Å². The first-order valence-electron chi connectivity index (χ1n) is 2.58. The van der Waals surface area contributed by atoms with E-state index in [1.54, 1.807) is 0 Å². The second kappa shape index (κ2) is 4.42. The van der Waals surface area contributed by atoms with Crippen LogP contribution in [0.1, 0.15) is 0 Å². The van der Waals surface area contributed by atoms with Gasteiger partial charge in [-0.2, -0.15) is 0 Å². The van der Waals surface area contributed by atoms with Gasteiger partial charge < -0.3 is 21.5 Å². The highest BCUT2D eigenvalue weighted by Gasteiger charge is 2.06. The van der Waals surface area contributed by atoms with E-state index in [0.717, 1.165) is 0 Å². The van der Waals surface area contributed by atoms with Gasteiger partial charge in [0.15, 0.2) is 0 Å². The Morgan fingerprint density at radius 2 is 2.10 bits per heavy atom. The maximum absolute atomic E-state index is 9.91. The molecule has 3 amide bonds. The standard InChI is InChI=1S/C3H5NO2.CH4N2O/c5-3-4-1-2-6-3;2-1(3)4/h1-2H2,(H,4,5);(H4,2,3,4). The molecular formula is C4H9N3O3. The highest BCUT2D eigenvalue weighted by molar-refractivity contribution is 5.69. The zero-order chi connectivity index (χ0) is 7.98. The van der Waals surface area contributed by atoms with Crippen LogP contribution < -0.4 is 16.8 Å². The molecule has 0 aliphatic carbocycles. The fourth-order valence-electron chi connectivity index (χ4n) is 0.348. The molecule has 0 saturated carbocycles. The number of cyclic esters (lactones) is 1. The van der Waals surface area contributed by atoms with Gasteiger partial charge in [-0.15, -0.1) is 0 Å². The summed E-state index contributed by atoms with van der Waals surface area (Å²) in [6, 6.07) is -0.833. The molecule has 10 heavy (non-hydrogen) atoms. The quantitative estimate of drug-likeness (QED) is 0.398. The molecule has 1 rings (SSSR count). The van der Waals surface area contributed by atoms with E-state index in [0.29, 0.717) is 13.2 Å². The Balaban J connectivity index is 0.000000180. The molecule has 0 aromatic heterocycles. The normalized spacial score (nSPS) is 14.2. The molecule has 6 heteroatoms. The number of carbonyl (C=O) groups excluding carboxylic acids is 2. The van der Waals surface area contributed by atoms with Crippen molar-refractivity contribution in [3.8, 4) is 0 Å². The van der Waals surface area contributed by atoms with Crippen molar-refractivity contribution in [2.24, 2.45) is 11.5 Å². The van der Waals surface area contributed by atoms with Crippen molar-refractivity contribution in [3.63, 3.8) is 0 Å². The van der Waals surface area contributed by atoms with Crippen molar-refractivity contribution in [3.05, 3.63) is 0 Å². The number of primary amides is 2. The predicted octanol–water partition coefficient (Wildman–Crippen LogP) is -1.25. The summed E-state index contributed by atoms with van der Waals surface area (Å²) in [6.07, 6.45) is -0.296. The minimum atomic E-state index is -0.833. The fourth-order valence-corrected chi connectivity index (χ4v) is 0.348. The lowest BCUT2D eigenvalue weighted by Crippen LogP contribution is -2.18. The Kier molecular flexibility index (Phi) is 3.78. The summed E-state index contributed by atoms with van der Waals surface area (Å²) in [5.41, 5.74) is 8.50. The number of carbonyl (C=O) groups is 2. The Hall–Kier alpha value is -1.46. The average molecular weight is 147 g/mol. The third-order valence-electron chi connectivity index (χ3n) is 0.605. The summed E-state index contributed by atoms with van der Waals surface area (Å²) < 4.78 is 4.40. The minimum absolute atomic E-state index is 0.296. The van der Waals surface area contributed by atoms with E-state index < -0.39 is 6.03 Å². The van der Waals surface area contributed by atoms with Crippen molar-refractivity contribution in [1.82, 2.24) is 5.32 Å². The van der Waals surface area contributed by atoms with E-state index in [1.807, 2.05) is 0 Å². The Morgan fingerprint density at radius 1 is 1.60 bits per heavy atom. The van der Waals surface area contributed by atoms with Gasteiger partial charge in [-0.25, -0.2) is 9.59 Å². The van der Waals surface area contributed by atoms with Crippen LogP contribution in [-0.4, -0.2) is 25.3 Å². The zero-order valence-electron chi connectivity index (χ0n) is 5.29. The molecular weight excluding hydrogens is 138 g/mol. The van der Waals surface area contributed by atoms with Gasteiger partial charge in [0.25, 0.3) is 0 Å². The fraction of sp³-hybridized carbons (Fsp3) is 0.500. The van der Waals surface area contributed by atoms with E-state index in [-0.39, 0.29) is 6.09 Å². The van der Waals surface area contributed by atoms with Crippen LogP contribution in [-0.2, 0) is 4.74 Å². The first-order chi connectivity index (χ1) is 4.63. The molecule has 0 aromatic rings. The van der Waals surface area contributed by atoms with E-state index >= 15 is 0 Å². The summed E-state index contributed by atoms with van der Waals surface area (Å²) in [6.45, 7) is 1.19. The van der Waals surface area contributed by atoms with Crippen molar-refractivity contribution in [2.75, 3.05) is 13.2 Å². The molecule has 1 fully saturated rings. The summed E-state index contributed by atoms with van der Waals surface area (Å²) >= 11 is 0. The monoisotopic (exact) mass is 147 g/mol. The number of alkyl carbamates (subject to hydrolysis) is 1. The SMILES string of the molecule is NC(N)=O.O=C1NCCO1. The molecule has 5 N–H and O–H groups in total. The Morgan fingerprint density at radius 3 is 2.20 bits per heavy atom. The number of nitrogens with two attached hydrogens (primary N) is 2. The first-order valence-corrected chi connectivity index (χ1v) is 2.58. The van der Waals surface area contributed by atoms with Crippen molar-refractivity contribution in [1.29, 1.82) is 0 Å². The third-order valence-corrected chi connectivity index (χ3v) is 0.605. The third kappa shape index (κ3) is 6.54. The molecule has 58 valence electrons. The molecule has 0 aromatic carbocycles. The number of nitrogens with one attached hydrogen (secondary N) is 1. The van der Waals surface area contributed by atoms with Crippen LogP contribution in [0.25, 0.3) is 0 Å². The van der Waals surface area contributed by atoms with Gasteiger partial charge in [-0.3, -0.25) is 0 Å². The number of amides is 3. The number of rotatable bonds is 0. The van der Waals surface area contributed by atoms with Gasteiger partial charge in [0.1, 0.15) is 6.61 Å². The molecule has 0 atom stereocenters. The summed E-state index contributed by atoms with van der Waals surface area (Å²) in [7, 11) is 0. The molecule has 1 saturated heterocycles. The molecule has 0 bridgehead atoms. The van der Waals surface area contributed by atoms with Crippen LogP contribution in [0.3, 0.4) is 0 Å². The maximum Gasteiger partial charge on any atom is 0.407 e. The van der Waals surface area contributed by atoms with Crippen molar-refractivity contribution >= 4 is 12.1 Å². The highest BCUT2D eigenvalue weighted by atomic mass is 16.6. The second-order valence-corrected chi connectivity index (χ2v) is 1.47. The van der Waals surface area contributed by atoms with Crippen molar-refractivity contribution in [2.45, 2.75) is 0 Å². The van der Waals surface area contributed by atoms with Crippen LogP contribution >= 0.6 is 0 Å². The lowest BCUT2D eigenvalue weighted by Gasteiger charge is -1.80. The van der Waals surface area contributed by atoms with Gasteiger partial charge in [-0.05, 0) is 0 Å². The van der Waals surface area contributed by atoms with Gasteiger partial charge in [-0.1, -0.05) is 0 Å². The Labute approximate surface area is 57.5 Å². The van der Waals surface area contributed by atoms with Gasteiger partial charge in [0, 0.05) is 0 Å². The Bertz CT molecular complexity index is 124. The van der Waals surface area contributed by atoms with E-state index in [4.69, 9.17) is 4.79 Å². The van der Waals surface area contributed by atoms with Crippen LogP contribution in [0, 0.1) is 0 Å². The largest absolute Gasteiger partial charge is 0.448 e. The zero-order valence-corrected chi connectivity index (χ0v) is 5.29. The highest BCUT2D eigenvalue weighted by Crippen LogP contribution is 1.82. The van der Waals surface area contributed by atoms with E-state index in [2.05, 4.69) is 21.5 Å². The second-order valence-electron chi connectivity index (χ2n) is 1.47. The average Bonchev–Trinajstić information content (AvgIpc) is 2.15. The van der Waals surface area contributed by atoms with Crippen LogP contribution in [0.4, 0.5) is 9.59 Å². The number of hydrogen-bond acceptors (Lipinski definition) is 3. The summed E-state index contributed by atoms with van der Waals surface area (Å²) in [5.74, 6) is 0. The predicted molar refractivity (Wildman–Crippen MR) is 33.1 cm³/mol. The van der Waals surface area contributed by atoms with E-state index in [1.165, 1.54) is 0 Å². The first kappa shape index (κ1) is 8.54. The summed E-state index contributed by atoms with van der Waals surface area (Å²) in [5, 5.41) is 2.46. The lowest BCUT2D eigenvalue weighted by molar-refractivity contribution is 0.178. The van der Waals surface area contributed by atoms with Crippen molar-refractivity contribution < 1.29 is 14.3 Å². The molecule has 0 radical (unpaired) electrons. The smallest absolute Gasteiger partial charge is 0.407 e. The summed E-state index contributed by atoms with van der Waals surface area (Å²) in [4.78, 5) is 18.9. The molecule has 0 unspecified atom stereocenters. The maximum atomic E-state index is 9.91. The van der Waals surface area contributed by atoms with Crippen LogP contribution in [0.15, 0.2) is 0 Å². The minimum Gasteiger partial charge on any atom is -0.448 e. The van der Waals surface area contributed by atoms with E-state index in [9.17, 15) is 4.79 Å². The van der Waals surface area contributed by atoms with Gasteiger partial charge >= 0.3 is 12.1 Å². The number of ether oxygens (including phenoxy) is 1. The van der Waals surface area contributed by atoms with Gasteiger partial charge in [0.05, 0.1) is 6.54 Å². The molecule has 1 heterocycles. The molecule has 0 spiro atoms. The van der Waals surface area contributed by atoms with Gasteiger partial charge in [0.2, 0.25) is 0 Å². The lowest BCUT2D eigenvalue weighted by atomic mass is 10.7. The molecule has 6 nitrogen and oxygen atoms in total.